The number of aromatic nitrogens is 1. The highest BCUT2D eigenvalue weighted by molar-refractivity contribution is 7.92. The smallest absolute Gasteiger partial charge is 0.229 e. The first kappa shape index (κ1) is 13.4. The van der Waals surface area contributed by atoms with Gasteiger partial charge in [0, 0.05) is 26.2 Å². The second kappa shape index (κ2) is 5.29. The number of anilines is 2. The maximum absolute atomic E-state index is 11.1. The van der Waals surface area contributed by atoms with Gasteiger partial charge in [-0.2, -0.15) is 0 Å². The van der Waals surface area contributed by atoms with E-state index in [-0.39, 0.29) is 0 Å². The van der Waals surface area contributed by atoms with Crippen molar-refractivity contribution in [1.29, 1.82) is 0 Å². The fraction of sp³-hybridized carbons (Fsp3) is 0.500. The van der Waals surface area contributed by atoms with Gasteiger partial charge in [-0.15, -0.1) is 0 Å². The van der Waals surface area contributed by atoms with E-state index < -0.39 is 10.0 Å². The third kappa shape index (κ3) is 3.47. The van der Waals surface area contributed by atoms with Crippen molar-refractivity contribution in [3.05, 3.63) is 17.3 Å². The van der Waals surface area contributed by atoms with Gasteiger partial charge in [0.25, 0.3) is 0 Å². The zero-order valence-corrected chi connectivity index (χ0v) is 11.6. The average molecular weight is 291 g/mol. The van der Waals surface area contributed by atoms with E-state index in [0.717, 1.165) is 32.4 Å². The number of halogens is 1. The van der Waals surface area contributed by atoms with Crippen LogP contribution in [-0.2, 0) is 10.0 Å². The molecule has 1 saturated heterocycles. The van der Waals surface area contributed by atoms with E-state index in [1.807, 2.05) is 0 Å². The van der Waals surface area contributed by atoms with Gasteiger partial charge in [-0.05, 0) is 6.07 Å². The molecule has 2 heterocycles. The number of nitrogens with zero attached hydrogens (tertiary/aromatic N) is 2. The molecule has 1 aromatic heterocycles. The first-order chi connectivity index (χ1) is 8.46. The van der Waals surface area contributed by atoms with Gasteiger partial charge in [-0.3, -0.25) is 4.72 Å². The molecule has 0 aromatic carbocycles. The molecule has 0 radical (unpaired) electrons. The monoisotopic (exact) mass is 290 g/mol. The van der Waals surface area contributed by atoms with Crippen molar-refractivity contribution in [1.82, 2.24) is 10.3 Å². The van der Waals surface area contributed by atoms with E-state index in [2.05, 4.69) is 19.9 Å². The molecule has 2 N–H and O–H groups in total. The summed E-state index contributed by atoms with van der Waals surface area (Å²) < 4.78 is 24.5. The van der Waals surface area contributed by atoms with Crippen molar-refractivity contribution in [3.8, 4) is 0 Å². The molecule has 0 bridgehead atoms. The minimum atomic E-state index is -3.30. The van der Waals surface area contributed by atoms with Crippen LogP contribution in [0.3, 0.4) is 0 Å². The standard InChI is InChI=1S/C10H15ClN4O2S/c1-18(16,17)14-8-6-9(11)10(13-7-8)15-4-2-12-3-5-15/h6-7,12,14H,2-5H2,1H3. The van der Waals surface area contributed by atoms with Crippen LogP contribution >= 0.6 is 11.6 Å². The molecule has 8 heteroatoms. The lowest BCUT2D eigenvalue weighted by molar-refractivity contribution is 0.585. The number of pyridine rings is 1. The molecule has 100 valence electrons. The summed E-state index contributed by atoms with van der Waals surface area (Å²) in [4.78, 5) is 6.30. The lowest BCUT2D eigenvalue weighted by atomic mass is 10.3. The molecule has 0 spiro atoms. The van der Waals surface area contributed by atoms with Crippen LogP contribution in [0.4, 0.5) is 11.5 Å². The Balaban J connectivity index is 2.19. The van der Waals surface area contributed by atoms with E-state index in [1.54, 1.807) is 6.07 Å². The average Bonchev–Trinajstić information content (AvgIpc) is 2.28. The van der Waals surface area contributed by atoms with E-state index in [1.165, 1.54) is 6.20 Å². The van der Waals surface area contributed by atoms with Gasteiger partial charge >= 0.3 is 0 Å². The van der Waals surface area contributed by atoms with Crippen LogP contribution in [0.15, 0.2) is 12.3 Å². The molecular weight excluding hydrogens is 276 g/mol. The van der Waals surface area contributed by atoms with Gasteiger partial charge in [0.05, 0.1) is 23.2 Å². The molecule has 1 aliphatic rings. The second-order valence-electron chi connectivity index (χ2n) is 4.14. The summed E-state index contributed by atoms with van der Waals surface area (Å²) in [6, 6.07) is 1.58. The number of nitrogens with one attached hydrogen (secondary N) is 2. The second-order valence-corrected chi connectivity index (χ2v) is 6.30. The Bertz CT molecular complexity index is 529. The number of rotatable bonds is 3. The molecule has 0 aliphatic carbocycles. The van der Waals surface area contributed by atoms with E-state index in [0.29, 0.717) is 16.5 Å². The number of sulfonamides is 1. The zero-order chi connectivity index (χ0) is 13.2. The highest BCUT2D eigenvalue weighted by Crippen LogP contribution is 2.26. The minimum Gasteiger partial charge on any atom is -0.353 e. The Morgan fingerprint density at radius 1 is 1.44 bits per heavy atom. The predicted octanol–water partition coefficient (Wildman–Crippen LogP) is 0.516. The largest absolute Gasteiger partial charge is 0.353 e. The summed E-state index contributed by atoms with van der Waals surface area (Å²) >= 11 is 6.13. The molecule has 0 atom stereocenters. The normalized spacial score (nSPS) is 16.7. The van der Waals surface area contributed by atoms with Crippen molar-refractivity contribution in [3.63, 3.8) is 0 Å². The van der Waals surface area contributed by atoms with E-state index in [9.17, 15) is 8.42 Å². The van der Waals surface area contributed by atoms with Crippen LogP contribution in [-0.4, -0.2) is 45.8 Å². The van der Waals surface area contributed by atoms with E-state index in [4.69, 9.17) is 11.6 Å². The number of piperazine rings is 1. The molecule has 0 saturated carbocycles. The zero-order valence-electron chi connectivity index (χ0n) is 9.98. The lowest BCUT2D eigenvalue weighted by Gasteiger charge is -2.29. The Morgan fingerprint density at radius 3 is 2.67 bits per heavy atom. The predicted molar refractivity (Wildman–Crippen MR) is 72.8 cm³/mol. The molecule has 0 amide bonds. The van der Waals surface area contributed by atoms with Gasteiger partial charge in [0.15, 0.2) is 0 Å². The third-order valence-corrected chi connectivity index (χ3v) is 3.43. The van der Waals surface area contributed by atoms with Crippen molar-refractivity contribution in [2.24, 2.45) is 0 Å². The summed E-state index contributed by atoms with van der Waals surface area (Å²) in [5.74, 6) is 0.692. The maximum Gasteiger partial charge on any atom is 0.229 e. The molecular formula is C10H15ClN4O2S. The Morgan fingerprint density at radius 2 is 2.11 bits per heavy atom. The molecule has 6 nitrogen and oxygen atoms in total. The topological polar surface area (TPSA) is 74.3 Å². The van der Waals surface area contributed by atoms with Gasteiger partial charge in [-0.25, -0.2) is 13.4 Å². The van der Waals surface area contributed by atoms with Gasteiger partial charge < -0.3 is 10.2 Å². The van der Waals surface area contributed by atoms with Gasteiger partial charge in [0.2, 0.25) is 10.0 Å². The SMILES string of the molecule is CS(=O)(=O)Nc1cnc(N2CCNCC2)c(Cl)c1. The van der Waals surface area contributed by atoms with Crippen LogP contribution in [0.5, 0.6) is 0 Å². The maximum atomic E-state index is 11.1. The fourth-order valence-corrected chi connectivity index (χ4v) is 2.64. The van der Waals surface area contributed by atoms with Gasteiger partial charge in [-0.1, -0.05) is 11.6 Å². The van der Waals surface area contributed by atoms with Gasteiger partial charge in [0.1, 0.15) is 5.82 Å². The minimum absolute atomic E-state index is 0.376. The molecule has 18 heavy (non-hydrogen) atoms. The van der Waals surface area contributed by atoms with Crippen molar-refractivity contribution >= 4 is 33.1 Å². The number of hydrogen-bond donors (Lipinski definition) is 2. The highest BCUT2D eigenvalue weighted by Gasteiger charge is 2.15. The Hall–Kier alpha value is -1.05. The van der Waals surface area contributed by atoms with Crippen LogP contribution in [0.2, 0.25) is 5.02 Å². The van der Waals surface area contributed by atoms with E-state index >= 15 is 0 Å². The molecule has 1 fully saturated rings. The van der Waals surface area contributed by atoms with Crippen LogP contribution in [0.1, 0.15) is 0 Å². The lowest BCUT2D eigenvalue weighted by Crippen LogP contribution is -2.44. The van der Waals surface area contributed by atoms with Crippen LogP contribution in [0.25, 0.3) is 0 Å². The van der Waals surface area contributed by atoms with Crippen molar-refractivity contribution in [2.45, 2.75) is 0 Å². The molecule has 1 aromatic rings. The Labute approximate surface area is 111 Å². The van der Waals surface area contributed by atoms with Crippen LogP contribution in [0, 0.1) is 0 Å². The summed E-state index contributed by atoms with van der Waals surface area (Å²) in [5, 5.41) is 3.69. The first-order valence-corrected chi connectivity index (χ1v) is 7.82. The molecule has 0 unspecified atom stereocenters. The number of hydrogen-bond acceptors (Lipinski definition) is 5. The van der Waals surface area contributed by atoms with Crippen molar-refractivity contribution in [2.75, 3.05) is 42.1 Å². The quantitative estimate of drug-likeness (QED) is 0.849. The van der Waals surface area contributed by atoms with Crippen LogP contribution < -0.4 is 14.9 Å². The first-order valence-electron chi connectivity index (χ1n) is 5.55. The Kier molecular flexibility index (Phi) is 3.94. The summed E-state index contributed by atoms with van der Waals surface area (Å²) in [5.41, 5.74) is 0.376. The summed E-state index contributed by atoms with van der Waals surface area (Å²) in [7, 11) is -3.30. The fourth-order valence-electron chi connectivity index (χ4n) is 1.81. The molecule has 2 rings (SSSR count). The molecule has 1 aliphatic heterocycles. The summed E-state index contributed by atoms with van der Waals surface area (Å²) in [6.07, 6.45) is 2.56. The third-order valence-electron chi connectivity index (χ3n) is 2.54. The summed E-state index contributed by atoms with van der Waals surface area (Å²) in [6.45, 7) is 3.46. The van der Waals surface area contributed by atoms with Crippen molar-refractivity contribution < 1.29 is 8.42 Å². The highest BCUT2D eigenvalue weighted by atomic mass is 35.5.